The zero-order chi connectivity index (χ0) is 24.0. The first-order valence-corrected chi connectivity index (χ1v) is 11.3. The largest absolute Gasteiger partial charge is 0.507 e. The Balaban J connectivity index is 1.67. The number of H-pyrrole nitrogens is 1. The second kappa shape index (κ2) is 8.37. The van der Waals surface area contributed by atoms with Crippen LogP contribution in [0.3, 0.4) is 0 Å². The first-order chi connectivity index (χ1) is 16.4. The Kier molecular flexibility index (Phi) is 5.36. The fourth-order valence-electron chi connectivity index (χ4n) is 4.73. The average Bonchev–Trinajstić information content (AvgIpc) is 3.37. The molecule has 0 fully saturated rings. The third kappa shape index (κ3) is 3.61. The average molecular weight is 454 g/mol. The molecule has 0 bridgehead atoms. The van der Waals surface area contributed by atoms with Crippen LogP contribution in [0.2, 0.25) is 0 Å². The Morgan fingerprint density at radius 2 is 1.71 bits per heavy atom. The van der Waals surface area contributed by atoms with Gasteiger partial charge in [0.1, 0.15) is 22.9 Å². The SMILES string of the molecule is COc1ccc(C2c3c(-c4cc(C)cc(C)c4O)n[nH]c3C(=O)N2Cc2ccc(C)cc2)cc1. The van der Waals surface area contributed by atoms with E-state index in [9.17, 15) is 9.90 Å². The predicted octanol–water partition coefficient (Wildman–Crippen LogP) is 5.46. The highest BCUT2D eigenvalue weighted by Gasteiger charge is 2.42. The van der Waals surface area contributed by atoms with E-state index in [1.54, 1.807) is 7.11 Å². The summed E-state index contributed by atoms with van der Waals surface area (Å²) in [4.78, 5) is 15.5. The van der Waals surface area contributed by atoms with E-state index in [-0.39, 0.29) is 17.7 Å². The molecule has 6 nitrogen and oxygen atoms in total. The summed E-state index contributed by atoms with van der Waals surface area (Å²) in [5, 5.41) is 18.4. The number of methoxy groups -OCH3 is 1. The summed E-state index contributed by atoms with van der Waals surface area (Å²) in [7, 11) is 1.63. The van der Waals surface area contributed by atoms with Crippen LogP contribution in [0.4, 0.5) is 0 Å². The number of rotatable bonds is 5. The Labute approximate surface area is 198 Å². The molecule has 172 valence electrons. The second-order valence-corrected chi connectivity index (χ2v) is 8.93. The van der Waals surface area contributed by atoms with Gasteiger partial charge in [-0.1, -0.05) is 48.0 Å². The van der Waals surface area contributed by atoms with Gasteiger partial charge in [-0.05, 0) is 61.2 Å². The van der Waals surface area contributed by atoms with Crippen LogP contribution >= 0.6 is 0 Å². The van der Waals surface area contributed by atoms with E-state index in [1.165, 1.54) is 5.56 Å². The topological polar surface area (TPSA) is 78.5 Å². The van der Waals surface area contributed by atoms with Crippen LogP contribution in [-0.4, -0.2) is 33.2 Å². The van der Waals surface area contributed by atoms with Gasteiger partial charge in [-0.25, -0.2) is 0 Å². The molecule has 6 heteroatoms. The molecular weight excluding hydrogens is 426 g/mol. The van der Waals surface area contributed by atoms with Crippen LogP contribution in [0.1, 0.15) is 49.9 Å². The highest BCUT2D eigenvalue weighted by molar-refractivity contribution is 6.00. The number of carbonyl (C=O) groups excluding carboxylic acids is 1. The monoisotopic (exact) mass is 453 g/mol. The fraction of sp³-hybridized carbons (Fsp3) is 0.214. The number of benzene rings is 3. The lowest BCUT2D eigenvalue weighted by molar-refractivity contribution is 0.0730. The Bertz CT molecular complexity index is 1370. The van der Waals surface area contributed by atoms with Gasteiger partial charge in [-0.3, -0.25) is 9.89 Å². The van der Waals surface area contributed by atoms with Gasteiger partial charge in [0.25, 0.3) is 5.91 Å². The van der Waals surface area contributed by atoms with Crippen LogP contribution < -0.4 is 4.74 Å². The van der Waals surface area contributed by atoms with Crippen molar-refractivity contribution in [3.05, 3.63) is 99.7 Å². The Morgan fingerprint density at radius 1 is 1.00 bits per heavy atom. The van der Waals surface area contributed by atoms with Crippen molar-refractivity contribution < 1.29 is 14.6 Å². The Morgan fingerprint density at radius 3 is 2.38 bits per heavy atom. The van der Waals surface area contributed by atoms with Gasteiger partial charge in [0.2, 0.25) is 0 Å². The zero-order valence-corrected chi connectivity index (χ0v) is 19.7. The van der Waals surface area contributed by atoms with E-state index in [2.05, 4.69) is 34.5 Å². The first kappa shape index (κ1) is 21.8. The van der Waals surface area contributed by atoms with Gasteiger partial charge in [-0.2, -0.15) is 5.10 Å². The van der Waals surface area contributed by atoms with E-state index in [0.717, 1.165) is 33.6 Å². The smallest absolute Gasteiger partial charge is 0.273 e. The molecule has 1 aliphatic rings. The summed E-state index contributed by atoms with van der Waals surface area (Å²) in [6, 6.07) is 19.5. The Hall–Kier alpha value is -4.06. The van der Waals surface area contributed by atoms with Crippen LogP contribution in [0, 0.1) is 20.8 Å². The van der Waals surface area contributed by atoms with E-state index in [0.29, 0.717) is 23.5 Å². The molecule has 1 aliphatic heterocycles. The number of nitrogens with one attached hydrogen (secondary N) is 1. The maximum absolute atomic E-state index is 13.6. The molecule has 0 saturated carbocycles. The molecule has 4 aromatic rings. The molecule has 1 atom stereocenters. The van der Waals surface area contributed by atoms with Crippen molar-refractivity contribution in [2.45, 2.75) is 33.4 Å². The van der Waals surface area contributed by atoms with Crippen molar-refractivity contribution in [1.29, 1.82) is 0 Å². The molecule has 1 amide bonds. The molecule has 3 aromatic carbocycles. The van der Waals surface area contributed by atoms with E-state index in [1.807, 2.05) is 62.1 Å². The maximum atomic E-state index is 13.6. The zero-order valence-electron chi connectivity index (χ0n) is 19.7. The van der Waals surface area contributed by atoms with Gasteiger partial charge < -0.3 is 14.7 Å². The summed E-state index contributed by atoms with van der Waals surface area (Å²) in [5.41, 5.74) is 7.42. The quantitative estimate of drug-likeness (QED) is 0.421. The van der Waals surface area contributed by atoms with E-state index < -0.39 is 0 Å². The minimum atomic E-state index is -0.358. The van der Waals surface area contributed by atoms with Crippen molar-refractivity contribution in [3.8, 4) is 22.8 Å². The van der Waals surface area contributed by atoms with Crippen LogP contribution in [0.15, 0.2) is 60.7 Å². The number of carbonyl (C=O) groups is 1. The predicted molar refractivity (Wildman–Crippen MR) is 131 cm³/mol. The molecular formula is C28H27N3O3. The molecule has 5 rings (SSSR count). The lowest BCUT2D eigenvalue weighted by atomic mass is 9.94. The number of ether oxygens (including phenoxy) is 1. The number of hydrogen-bond acceptors (Lipinski definition) is 4. The molecule has 2 N–H and O–H groups in total. The van der Waals surface area contributed by atoms with Gasteiger partial charge in [0.15, 0.2) is 0 Å². The number of phenolic OH excluding ortho intramolecular Hbond substituents is 1. The number of phenols is 1. The van der Waals surface area contributed by atoms with Crippen molar-refractivity contribution in [2.24, 2.45) is 0 Å². The second-order valence-electron chi connectivity index (χ2n) is 8.93. The van der Waals surface area contributed by atoms with Crippen molar-refractivity contribution in [3.63, 3.8) is 0 Å². The number of nitrogens with zero attached hydrogens (tertiary/aromatic N) is 2. The van der Waals surface area contributed by atoms with Gasteiger partial charge in [0.05, 0.1) is 13.2 Å². The molecule has 1 aromatic heterocycles. The summed E-state index contributed by atoms with van der Waals surface area (Å²) >= 11 is 0. The third-order valence-electron chi connectivity index (χ3n) is 6.47. The molecule has 2 heterocycles. The molecule has 1 unspecified atom stereocenters. The van der Waals surface area contributed by atoms with Gasteiger partial charge in [0, 0.05) is 17.7 Å². The van der Waals surface area contributed by atoms with Crippen molar-refractivity contribution in [2.75, 3.05) is 7.11 Å². The fourth-order valence-corrected chi connectivity index (χ4v) is 4.73. The van der Waals surface area contributed by atoms with Crippen LogP contribution in [0.5, 0.6) is 11.5 Å². The number of amides is 1. The first-order valence-electron chi connectivity index (χ1n) is 11.3. The minimum Gasteiger partial charge on any atom is -0.507 e. The number of hydrogen-bond donors (Lipinski definition) is 2. The molecule has 34 heavy (non-hydrogen) atoms. The highest BCUT2D eigenvalue weighted by atomic mass is 16.5. The highest BCUT2D eigenvalue weighted by Crippen LogP contribution is 2.46. The van der Waals surface area contributed by atoms with E-state index >= 15 is 0 Å². The summed E-state index contributed by atoms with van der Waals surface area (Å²) in [6.45, 7) is 6.35. The third-order valence-corrected chi connectivity index (χ3v) is 6.47. The lowest BCUT2D eigenvalue weighted by Gasteiger charge is -2.27. The van der Waals surface area contributed by atoms with E-state index in [4.69, 9.17) is 4.74 Å². The van der Waals surface area contributed by atoms with Crippen LogP contribution in [-0.2, 0) is 6.54 Å². The summed E-state index contributed by atoms with van der Waals surface area (Å²) in [6.07, 6.45) is 0. The standard InChI is InChI=1S/C28H27N3O3/c1-16-5-7-19(8-6-16)15-31-26(20-9-11-21(34-4)12-10-20)23-24(29-30-25(23)28(31)33)22-14-17(2)13-18(3)27(22)32/h5-14,26,32H,15H2,1-4H3,(H,29,30). The number of aromatic nitrogens is 2. The van der Waals surface area contributed by atoms with Gasteiger partial charge >= 0.3 is 0 Å². The van der Waals surface area contributed by atoms with Crippen molar-refractivity contribution >= 4 is 5.91 Å². The summed E-state index contributed by atoms with van der Waals surface area (Å²) < 4.78 is 5.34. The number of fused-ring (bicyclic) bond motifs is 1. The normalized spacial score (nSPS) is 15.0. The molecule has 0 aliphatic carbocycles. The number of aromatic hydroxyl groups is 1. The van der Waals surface area contributed by atoms with Crippen LogP contribution in [0.25, 0.3) is 11.3 Å². The van der Waals surface area contributed by atoms with Crippen molar-refractivity contribution in [1.82, 2.24) is 15.1 Å². The lowest BCUT2D eigenvalue weighted by Crippen LogP contribution is -2.29. The minimum absolute atomic E-state index is 0.112. The molecule has 0 spiro atoms. The number of aromatic amines is 1. The maximum Gasteiger partial charge on any atom is 0.273 e. The number of aryl methyl sites for hydroxylation is 3. The molecule has 0 saturated heterocycles. The van der Waals surface area contributed by atoms with Gasteiger partial charge in [-0.15, -0.1) is 0 Å². The molecule has 0 radical (unpaired) electrons. The summed E-state index contributed by atoms with van der Waals surface area (Å²) in [5.74, 6) is 0.814.